The van der Waals surface area contributed by atoms with Crippen molar-refractivity contribution in [2.75, 3.05) is 20.1 Å². The van der Waals surface area contributed by atoms with Crippen LogP contribution in [0.25, 0.3) is 11.0 Å². The number of piperidine rings is 1. The van der Waals surface area contributed by atoms with Crippen molar-refractivity contribution in [2.45, 2.75) is 18.6 Å². The van der Waals surface area contributed by atoms with Crippen molar-refractivity contribution in [3.8, 4) is 0 Å². The number of likely N-dealkylation sites (tertiary alicyclic amines) is 1. The summed E-state index contributed by atoms with van der Waals surface area (Å²) in [6.07, 6.45) is 3.44. The summed E-state index contributed by atoms with van der Waals surface area (Å²) >= 11 is 5.81. The van der Waals surface area contributed by atoms with Gasteiger partial charge in [0.15, 0.2) is 0 Å². The Hall–Kier alpha value is -1.20. The van der Waals surface area contributed by atoms with E-state index in [4.69, 9.17) is 11.6 Å². The van der Waals surface area contributed by atoms with Crippen LogP contribution in [0.5, 0.6) is 0 Å². The maximum atomic E-state index is 14.2. The maximum Gasteiger partial charge on any atom is 0.224 e. The number of nitrogens with zero attached hydrogens (tertiary/aromatic N) is 4. The highest BCUT2D eigenvalue weighted by Gasteiger charge is 2.29. The number of alkyl halides is 1. The fraction of sp³-hybridized carbons (Fsp3) is 0.500. The van der Waals surface area contributed by atoms with Gasteiger partial charge in [-0.1, -0.05) is 0 Å². The van der Waals surface area contributed by atoms with Gasteiger partial charge in [-0.2, -0.15) is 4.98 Å². The molecule has 4 nitrogen and oxygen atoms in total. The highest BCUT2D eigenvalue weighted by atomic mass is 35.5. The van der Waals surface area contributed by atoms with Gasteiger partial charge < -0.3 is 9.47 Å². The number of halogens is 2. The molecule has 0 aliphatic carbocycles. The lowest BCUT2D eigenvalue weighted by atomic mass is 10.0. The van der Waals surface area contributed by atoms with Gasteiger partial charge in [0, 0.05) is 30.9 Å². The Kier molecular flexibility index (Phi) is 2.95. The van der Waals surface area contributed by atoms with Crippen LogP contribution in [-0.4, -0.2) is 45.7 Å². The third kappa shape index (κ3) is 1.97. The number of fused-ring (bicyclic) bond motifs is 1. The summed E-state index contributed by atoms with van der Waals surface area (Å²) in [4.78, 5) is 10.1. The van der Waals surface area contributed by atoms with Crippen molar-refractivity contribution < 1.29 is 4.39 Å². The first kappa shape index (κ1) is 11.9. The van der Waals surface area contributed by atoms with E-state index in [0.29, 0.717) is 12.2 Å². The van der Waals surface area contributed by atoms with Crippen LogP contribution in [0.4, 0.5) is 4.39 Å². The Morgan fingerprint density at radius 2 is 2.33 bits per heavy atom. The first-order chi connectivity index (χ1) is 8.65. The minimum absolute atomic E-state index is 0.162. The van der Waals surface area contributed by atoms with Crippen LogP contribution in [0.2, 0.25) is 5.28 Å². The third-order valence-electron chi connectivity index (χ3n) is 3.49. The van der Waals surface area contributed by atoms with Crippen molar-refractivity contribution in [3.05, 3.63) is 23.7 Å². The number of rotatable bonds is 1. The predicted octanol–water partition coefficient (Wildman–Crippen LogP) is 2.30. The molecule has 0 bridgehead atoms. The molecule has 3 heterocycles. The molecule has 18 heavy (non-hydrogen) atoms. The van der Waals surface area contributed by atoms with Crippen molar-refractivity contribution in [3.63, 3.8) is 0 Å². The van der Waals surface area contributed by atoms with Gasteiger partial charge in [0.25, 0.3) is 0 Å². The molecule has 0 saturated carbocycles. The minimum Gasteiger partial charge on any atom is -0.326 e. The molecule has 6 heteroatoms. The van der Waals surface area contributed by atoms with Crippen molar-refractivity contribution in [1.82, 2.24) is 19.4 Å². The van der Waals surface area contributed by atoms with E-state index in [9.17, 15) is 4.39 Å². The number of hydrogen-bond acceptors (Lipinski definition) is 3. The Bertz CT molecular complexity index is 570. The quantitative estimate of drug-likeness (QED) is 0.744. The first-order valence-electron chi connectivity index (χ1n) is 5.97. The normalized spacial score (nSPS) is 25.7. The fourth-order valence-electron chi connectivity index (χ4n) is 2.54. The largest absolute Gasteiger partial charge is 0.326 e. The average molecular weight is 269 g/mol. The van der Waals surface area contributed by atoms with E-state index in [-0.39, 0.29) is 11.3 Å². The molecule has 0 amide bonds. The van der Waals surface area contributed by atoms with Gasteiger partial charge in [-0.05, 0) is 31.1 Å². The molecule has 2 aromatic heterocycles. The van der Waals surface area contributed by atoms with Crippen LogP contribution in [0.15, 0.2) is 18.5 Å². The molecule has 0 N–H and O–H groups in total. The molecule has 0 spiro atoms. The lowest BCUT2D eigenvalue weighted by Crippen LogP contribution is -2.40. The lowest BCUT2D eigenvalue weighted by molar-refractivity contribution is 0.109. The van der Waals surface area contributed by atoms with Gasteiger partial charge in [-0.3, -0.25) is 0 Å². The topological polar surface area (TPSA) is 34.0 Å². The van der Waals surface area contributed by atoms with E-state index in [1.807, 2.05) is 28.8 Å². The summed E-state index contributed by atoms with van der Waals surface area (Å²) in [7, 11) is 1.94. The molecule has 2 aromatic rings. The van der Waals surface area contributed by atoms with E-state index in [1.54, 1.807) is 6.20 Å². The van der Waals surface area contributed by atoms with E-state index in [0.717, 1.165) is 18.4 Å². The minimum atomic E-state index is -0.881. The summed E-state index contributed by atoms with van der Waals surface area (Å²) in [5.41, 5.74) is 0.715. The average Bonchev–Trinajstić information content (AvgIpc) is 2.72. The van der Waals surface area contributed by atoms with E-state index >= 15 is 0 Å². The molecule has 1 aliphatic heterocycles. The smallest absolute Gasteiger partial charge is 0.224 e. The molecule has 96 valence electrons. The lowest BCUT2D eigenvalue weighted by Gasteiger charge is -2.33. The summed E-state index contributed by atoms with van der Waals surface area (Å²) < 4.78 is 16.0. The monoisotopic (exact) mass is 268 g/mol. The predicted molar refractivity (Wildman–Crippen MR) is 68.6 cm³/mol. The Morgan fingerprint density at radius 3 is 3.11 bits per heavy atom. The molecule has 0 aromatic carbocycles. The number of hydrogen-bond donors (Lipinski definition) is 0. The van der Waals surface area contributed by atoms with Crippen LogP contribution in [-0.2, 0) is 0 Å². The van der Waals surface area contributed by atoms with Crippen LogP contribution in [0, 0.1) is 0 Å². The first-order valence-corrected chi connectivity index (χ1v) is 6.34. The standard InChI is InChI=1S/C12H14ClFN4/c1-17-4-3-10(9(14)7-17)18-5-2-8-6-15-12(13)16-11(8)18/h2,5-6,9-10H,3-4,7H2,1H3/t9-,10+/m1/s1. The molecule has 0 radical (unpaired) electrons. The van der Waals surface area contributed by atoms with E-state index in [2.05, 4.69) is 9.97 Å². The third-order valence-corrected chi connectivity index (χ3v) is 3.68. The second kappa shape index (κ2) is 4.48. The SMILES string of the molecule is CN1CC[C@H](n2ccc3cnc(Cl)nc32)[C@H](F)C1. The van der Waals surface area contributed by atoms with Crippen molar-refractivity contribution >= 4 is 22.6 Å². The molecule has 2 atom stereocenters. The molecule has 1 saturated heterocycles. The molecule has 0 unspecified atom stereocenters. The zero-order valence-corrected chi connectivity index (χ0v) is 10.8. The van der Waals surface area contributed by atoms with Gasteiger partial charge in [0.1, 0.15) is 11.8 Å². The highest BCUT2D eigenvalue weighted by Crippen LogP contribution is 2.28. The second-order valence-corrected chi connectivity index (χ2v) is 5.11. The van der Waals surface area contributed by atoms with Crippen LogP contribution >= 0.6 is 11.6 Å². The zero-order valence-electron chi connectivity index (χ0n) is 10.1. The number of aromatic nitrogens is 3. The molecule has 3 rings (SSSR count). The summed E-state index contributed by atoms with van der Waals surface area (Å²) in [5, 5.41) is 1.09. The maximum absolute atomic E-state index is 14.2. The second-order valence-electron chi connectivity index (χ2n) is 4.78. The van der Waals surface area contributed by atoms with Crippen molar-refractivity contribution in [1.29, 1.82) is 0 Å². The van der Waals surface area contributed by atoms with Gasteiger partial charge in [-0.25, -0.2) is 9.37 Å². The van der Waals surface area contributed by atoms with Crippen LogP contribution in [0.3, 0.4) is 0 Å². The van der Waals surface area contributed by atoms with Gasteiger partial charge in [0.2, 0.25) is 5.28 Å². The zero-order chi connectivity index (χ0) is 12.7. The fourth-order valence-corrected chi connectivity index (χ4v) is 2.67. The van der Waals surface area contributed by atoms with Gasteiger partial charge in [-0.15, -0.1) is 0 Å². The van der Waals surface area contributed by atoms with E-state index in [1.165, 1.54) is 0 Å². The molecular weight excluding hydrogens is 255 g/mol. The Balaban J connectivity index is 2.01. The molecule has 1 fully saturated rings. The van der Waals surface area contributed by atoms with Crippen molar-refractivity contribution in [2.24, 2.45) is 0 Å². The highest BCUT2D eigenvalue weighted by molar-refractivity contribution is 6.28. The Morgan fingerprint density at radius 1 is 1.50 bits per heavy atom. The summed E-state index contributed by atoms with van der Waals surface area (Å²) in [6, 6.07) is 1.74. The van der Waals surface area contributed by atoms with Gasteiger partial charge >= 0.3 is 0 Å². The summed E-state index contributed by atoms with van der Waals surface area (Å²) in [5.74, 6) is 0. The molecular formula is C12H14ClFN4. The molecule has 1 aliphatic rings. The summed E-state index contributed by atoms with van der Waals surface area (Å²) in [6.45, 7) is 1.35. The van der Waals surface area contributed by atoms with Crippen LogP contribution < -0.4 is 0 Å². The van der Waals surface area contributed by atoms with Gasteiger partial charge in [0.05, 0.1) is 6.04 Å². The van der Waals surface area contributed by atoms with E-state index < -0.39 is 6.17 Å². The Labute approximate surface area is 109 Å². The van der Waals surface area contributed by atoms with Crippen LogP contribution in [0.1, 0.15) is 12.5 Å².